The van der Waals surface area contributed by atoms with Crippen molar-refractivity contribution in [3.05, 3.63) is 58.6 Å². The molecular weight excluding hydrogens is 364 g/mol. The molecule has 0 aromatic heterocycles. The maximum Gasteiger partial charge on any atom is 0.269 e. The molecule has 0 aliphatic carbocycles. The van der Waals surface area contributed by atoms with E-state index < -0.39 is 22.7 Å². The smallest absolute Gasteiger partial charge is 0.269 e. The Labute approximate surface area is 161 Å². The Hall–Kier alpha value is -3.62. The monoisotopic (exact) mass is 384 g/mol. The number of nitrogens with zero attached hydrogens (tertiary/aromatic N) is 3. The number of Topliss-reactive ketones (excluding diaryl/α,β-unsaturated/α-hetero) is 1. The summed E-state index contributed by atoms with van der Waals surface area (Å²) in [7, 11) is 0. The highest BCUT2D eigenvalue weighted by molar-refractivity contribution is 6.10. The van der Waals surface area contributed by atoms with Gasteiger partial charge in [0.15, 0.2) is 5.78 Å². The molecule has 1 atom stereocenters. The highest BCUT2D eigenvalue weighted by Gasteiger charge is 2.23. The Morgan fingerprint density at radius 3 is 2.18 bits per heavy atom. The van der Waals surface area contributed by atoms with Crippen LogP contribution in [0.1, 0.15) is 20.8 Å². The number of carbonyl (C=O) groups excluding carboxylic acids is 2. The molecule has 0 bridgehead atoms. The van der Waals surface area contributed by atoms with Crippen LogP contribution in [0.2, 0.25) is 0 Å². The number of ether oxygens (including phenoxy) is 1. The fourth-order valence-electron chi connectivity index (χ4n) is 2.18. The zero-order valence-electron chi connectivity index (χ0n) is 15.7. The number of hydrogen-bond donors (Lipinski definition) is 1. The predicted molar refractivity (Wildman–Crippen MR) is 103 cm³/mol. The number of amides is 1. The van der Waals surface area contributed by atoms with Gasteiger partial charge >= 0.3 is 0 Å². The Morgan fingerprint density at radius 1 is 1.07 bits per heavy atom. The van der Waals surface area contributed by atoms with Crippen LogP contribution in [0, 0.1) is 10.1 Å². The zero-order chi connectivity index (χ0) is 20.7. The van der Waals surface area contributed by atoms with Crippen molar-refractivity contribution < 1.29 is 19.2 Å². The van der Waals surface area contributed by atoms with Crippen LogP contribution < -0.4 is 10.1 Å². The lowest BCUT2D eigenvalue weighted by Gasteiger charge is -2.12. The first-order valence-electron chi connectivity index (χ1n) is 8.49. The summed E-state index contributed by atoms with van der Waals surface area (Å²) in [6, 6.07) is 10.7. The van der Waals surface area contributed by atoms with Gasteiger partial charge in [0.25, 0.3) is 11.6 Å². The average Bonchev–Trinajstić information content (AvgIpc) is 2.63. The third-order valence-corrected chi connectivity index (χ3v) is 3.48. The highest BCUT2D eigenvalue weighted by Crippen LogP contribution is 2.20. The first-order valence-corrected chi connectivity index (χ1v) is 8.49. The maximum absolute atomic E-state index is 12.4. The second kappa shape index (κ2) is 9.36. The Bertz CT molecular complexity index is 876. The second-order valence-corrected chi connectivity index (χ2v) is 6.18. The molecule has 146 valence electrons. The molecule has 2 aromatic rings. The van der Waals surface area contributed by atoms with E-state index in [0.29, 0.717) is 17.1 Å². The van der Waals surface area contributed by atoms with E-state index in [2.05, 4.69) is 15.5 Å². The summed E-state index contributed by atoms with van der Waals surface area (Å²) in [6.07, 6.45) is 0.0300. The molecular formula is C19H20N4O5. The summed E-state index contributed by atoms with van der Waals surface area (Å²) in [5.74, 6) is -0.451. The lowest BCUT2D eigenvalue weighted by molar-refractivity contribution is -0.384. The van der Waals surface area contributed by atoms with Gasteiger partial charge in [-0.2, -0.15) is 10.2 Å². The Morgan fingerprint density at radius 2 is 1.68 bits per heavy atom. The van der Waals surface area contributed by atoms with Gasteiger partial charge in [0.1, 0.15) is 5.75 Å². The third kappa shape index (κ3) is 5.97. The van der Waals surface area contributed by atoms with Gasteiger partial charge in [-0.05, 0) is 57.2 Å². The molecule has 1 N–H and O–H groups in total. The molecule has 0 heterocycles. The average molecular weight is 384 g/mol. The standard InChI is InChI=1S/C19H20N4O5/c1-12(2)28-17-10-6-14(7-11-17)20-19(25)18(13(3)24)22-21-15-4-8-16(9-5-15)23(26)27/h4-12,18H,1-3H3,(H,20,25). The quantitative estimate of drug-likeness (QED) is 0.318. The largest absolute Gasteiger partial charge is 0.491 e. The molecule has 0 radical (unpaired) electrons. The molecule has 0 saturated carbocycles. The van der Waals surface area contributed by atoms with Crippen LogP contribution in [0.4, 0.5) is 17.1 Å². The summed E-state index contributed by atoms with van der Waals surface area (Å²) in [5.41, 5.74) is 0.683. The summed E-state index contributed by atoms with van der Waals surface area (Å²) >= 11 is 0. The molecule has 0 saturated heterocycles. The van der Waals surface area contributed by atoms with Crippen molar-refractivity contribution in [3.63, 3.8) is 0 Å². The second-order valence-electron chi connectivity index (χ2n) is 6.18. The fraction of sp³-hybridized carbons (Fsp3) is 0.263. The minimum atomic E-state index is -1.33. The van der Waals surface area contributed by atoms with E-state index in [1.54, 1.807) is 24.3 Å². The number of carbonyl (C=O) groups is 2. The summed E-state index contributed by atoms with van der Waals surface area (Å²) in [6.45, 7) is 5.05. The van der Waals surface area contributed by atoms with E-state index in [9.17, 15) is 19.7 Å². The minimum absolute atomic E-state index is 0.0300. The van der Waals surface area contributed by atoms with Gasteiger partial charge in [0.05, 0.1) is 16.7 Å². The van der Waals surface area contributed by atoms with Crippen molar-refractivity contribution in [2.45, 2.75) is 32.9 Å². The number of nitro benzene ring substituents is 1. The maximum atomic E-state index is 12.4. The molecule has 0 aliphatic rings. The molecule has 1 unspecified atom stereocenters. The van der Waals surface area contributed by atoms with Crippen molar-refractivity contribution in [3.8, 4) is 5.75 Å². The van der Waals surface area contributed by atoms with Crippen LogP contribution >= 0.6 is 0 Å². The molecule has 2 rings (SSSR count). The summed E-state index contributed by atoms with van der Waals surface area (Å²) in [4.78, 5) is 34.3. The summed E-state index contributed by atoms with van der Waals surface area (Å²) < 4.78 is 5.53. The fourth-order valence-corrected chi connectivity index (χ4v) is 2.18. The first-order chi connectivity index (χ1) is 13.3. The topological polar surface area (TPSA) is 123 Å². The number of azo groups is 1. The van der Waals surface area contributed by atoms with Gasteiger partial charge in [-0.3, -0.25) is 19.7 Å². The van der Waals surface area contributed by atoms with Crippen molar-refractivity contribution in [2.75, 3.05) is 5.32 Å². The lowest BCUT2D eigenvalue weighted by Crippen LogP contribution is -2.31. The number of non-ortho nitro benzene ring substituents is 1. The van der Waals surface area contributed by atoms with Crippen LogP contribution in [0.15, 0.2) is 58.8 Å². The van der Waals surface area contributed by atoms with E-state index in [-0.39, 0.29) is 11.8 Å². The van der Waals surface area contributed by atoms with Crippen LogP contribution in [0.25, 0.3) is 0 Å². The Balaban J connectivity index is 2.07. The van der Waals surface area contributed by atoms with Gasteiger partial charge in [-0.15, -0.1) is 0 Å². The van der Waals surface area contributed by atoms with Gasteiger partial charge in [-0.1, -0.05) is 0 Å². The van der Waals surface area contributed by atoms with E-state index in [1.807, 2.05) is 13.8 Å². The summed E-state index contributed by atoms with van der Waals surface area (Å²) in [5, 5.41) is 20.9. The molecule has 9 nitrogen and oxygen atoms in total. The SMILES string of the molecule is CC(=O)C(N=Nc1ccc([N+](=O)[O-])cc1)C(=O)Nc1ccc(OC(C)C)cc1. The lowest BCUT2D eigenvalue weighted by atomic mass is 10.2. The van der Waals surface area contributed by atoms with Crippen molar-refractivity contribution in [2.24, 2.45) is 10.2 Å². The van der Waals surface area contributed by atoms with E-state index in [0.717, 1.165) is 0 Å². The number of ketones is 1. The highest BCUT2D eigenvalue weighted by atomic mass is 16.6. The van der Waals surface area contributed by atoms with E-state index >= 15 is 0 Å². The number of hydrogen-bond acceptors (Lipinski definition) is 7. The molecule has 0 fully saturated rings. The predicted octanol–water partition coefficient (Wildman–Crippen LogP) is 4.06. The molecule has 1 amide bonds. The van der Waals surface area contributed by atoms with Gasteiger partial charge in [0.2, 0.25) is 6.04 Å². The number of nitrogens with one attached hydrogen (secondary N) is 1. The van der Waals surface area contributed by atoms with E-state index in [4.69, 9.17) is 4.74 Å². The van der Waals surface area contributed by atoms with Crippen LogP contribution in [0.3, 0.4) is 0 Å². The van der Waals surface area contributed by atoms with Gasteiger partial charge < -0.3 is 10.1 Å². The Kier molecular flexibility index (Phi) is 6.91. The number of nitro groups is 1. The molecule has 28 heavy (non-hydrogen) atoms. The van der Waals surface area contributed by atoms with Crippen LogP contribution in [-0.2, 0) is 9.59 Å². The van der Waals surface area contributed by atoms with Crippen LogP contribution in [0.5, 0.6) is 5.75 Å². The van der Waals surface area contributed by atoms with Crippen LogP contribution in [-0.4, -0.2) is 28.8 Å². The number of rotatable bonds is 8. The molecule has 2 aromatic carbocycles. The zero-order valence-corrected chi connectivity index (χ0v) is 15.7. The molecule has 0 aliphatic heterocycles. The van der Waals surface area contributed by atoms with Gasteiger partial charge in [-0.25, -0.2) is 0 Å². The van der Waals surface area contributed by atoms with Crippen molar-refractivity contribution >= 4 is 28.8 Å². The normalized spacial score (nSPS) is 12.0. The van der Waals surface area contributed by atoms with Crippen molar-refractivity contribution in [1.82, 2.24) is 0 Å². The van der Waals surface area contributed by atoms with Crippen molar-refractivity contribution in [1.29, 1.82) is 0 Å². The van der Waals surface area contributed by atoms with Gasteiger partial charge in [0, 0.05) is 17.8 Å². The third-order valence-electron chi connectivity index (χ3n) is 3.48. The molecule has 9 heteroatoms. The van der Waals surface area contributed by atoms with E-state index in [1.165, 1.54) is 31.2 Å². The molecule has 0 spiro atoms. The first kappa shape index (κ1) is 20.7. The minimum Gasteiger partial charge on any atom is -0.491 e. The number of benzene rings is 2. The number of anilines is 1.